The van der Waals surface area contributed by atoms with E-state index in [1.54, 1.807) is 0 Å². The van der Waals surface area contributed by atoms with Crippen molar-refractivity contribution in [3.8, 4) is 0 Å². The number of fused-ring (bicyclic) bond motifs is 3. The molecular weight excluding hydrogens is 204 g/mol. The SMILES string of the molecule is CC(C)(C)OC(=O)N1CC2(N)CCC1CC2. The Kier molecular flexibility index (Phi) is 2.65. The maximum Gasteiger partial charge on any atom is 0.410 e. The zero-order chi connectivity index (χ0) is 12.0. The number of nitrogens with zero attached hydrogens (tertiary/aromatic N) is 1. The minimum Gasteiger partial charge on any atom is -0.444 e. The maximum atomic E-state index is 12.0. The Morgan fingerprint density at radius 2 is 1.94 bits per heavy atom. The predicted molar refractivity (Wildman–Crippen MR) is 62.1 cm³/mol. The number of hydrogen-bond donors (Lipinski definition) is 1. The molecule has 0 atom stereocenters. The molecule has 3 fully saturated rings. The molecule has 4 heteroatoms. The summed E-state index contributed by atoms with van der Waals surface area (Å²) in [6, 6.07) is 0.347. The van der Waals surface area contributed by atoms with Gasteiger partial charge in [0.05, 0.1) is 0 Å². The maximum absolute atomic E-state index is 12.0. The van der Waals surface area contributed by atoms with E-state index in [9.17, 15) is 4.79 Å². The molecule has 2 bridgehead atoms. The predicted octanol–water partition coefficient (Wildman–Crippen LogP) is 1.88. The number of nitrogens with two attached hydrogens (primary N) is 1. The number of rotatable bonds is 0. The van der Waals surface area contributed by atoms with Crippen molar-refractivity contribution in [1.29, 1.82) is 0 Å². The van der Waals surface area contributed by atoms with Crippen LogP contribution in [0.4, 0.5) is 4.79 Å². The summed E-state index contributed by atoms with van der Waals surface area (Å²) < 4.78 is 5.41. The first-order chi connectivity index (χ1) is 7.29. The van der Waals surface area contributed by atoms with Crippen LogP contribution >= 0.6 is 0 Å². The fourth-order valence-electron chi connectivity index (χ4n) is 2.65. The molecule has 3 aliphatic rings. The van der Waals surface area contributed by atoms with Gasteiger partial charge in [0, 0.05) is 18.1 Å². The molecule has 92 valence electrons. The van der Waals surface area contributed by atoms with Gasteiger partial charge in [0.15, 0.2) is 0 Å². The summed E-state index contributed by atoms with van der Waals surface area (Å²) >= 11 is 0. The zero-order valence-electron chi connectivity index (χ0n) is 10.5. The first kappa shape index (κ1) is 11.7. The minimum absolute atomic E-state index is 0.161. The number of hydrogen-bond acceptors (Lipinski definition) is 3. The highest BCUT2D eigenvalue weighted by molar-refractivity contribution is 5.69. The third kappa shape index (κ3) is 2.32. The van der Waals surface area contributed by atoms with E-state index in [0.717, 1.165) is 25.7 Å². The van der Waals surface area contributed by atoms with Gasteiger partial charge < -0.3 is 15.4 Å². The van der Waals surface area contributed by atoms with E-state index in [1.165, 1.54) is 0 Å². The van der Waals surface area contributed by atoms with E-state index in [0.29, 0.717) is 12.6 Å². The molecule has 0 unspecified atom stereocenters. The Labute approximate surface area is 97.1 Å². The molecule has 16 heavy (non-hydrogen) atoms. The summed E-state index contributed by atoms with van der Waals surface area (Å²) in [4.78, 5) is 13.8. The topological polar surface area (TPSA) is 55.6 Å². The van der Waals surface area contributed by atoms with Crippen molar-refractivity contribution in [2.75, 3.05) is 6.54 Å². The average Bonchev–Trinajstić information content (AvgIpc) is 2.15. The number of amides is 1. The van der Waals surface area contributed by atoms with Crippen LogP contribution in [-0.2, 0) is 4.74 Å². The van der Waals surface area contributed by atoms with Crippen LogP contribution in [0, 0.1) is 0 Å². The summed E-state index contributed by atoms with van der Waals surface area (Å²) in [6.45, 7) is 6.34. The van der Waals surface area contributed by atoms with Crippen LogP contribution in [0.15, 0.2) is 0 Å². The first-order valence-corrected chi connectivity index (χ1v) is 6.08. The molecule has 3 rings (SSSR count). The molecule has 2 saturated heterocycles. The van der Waals surface area contributed by atoms with E-state index < -0.39 is 5.60 Å². The van der Waals surface area contributed by atoms with E-state index in [4.69, 9.17) is 10.5 Å². The van der Waals surface area contributed by atoms with E-state index in [1.807, 2.05) is 25.7 Å². The van der Waals surface area contributed by atoms with Crippen LogP contribution in [0.2, 0.25) is 0 Å². The van der Waals surface area contributed by atoms with Gasteiger partial charge in [-0.2, -0.15) is 0 Å². The molecule has 0 spiro atoms. The fourth-order valence-corrected chi connectivity index (χ4v) is 2.65. The van der Waals surface area contributed by atoms with Crippen molar-refractivity contribution in [3.05, 3.63) is 0 Å². The Balaban J connectivity index is 2.03. The Morgan fingerprint density at radius 1 is 1.38 bits per heavy atom. The highest BCUT2D eigenvalue weighted by atomic mass is 16.6. The van der Waals surface area contributed by atoms with Gasteiger partial charge in [0.2, 0.25) is 0 Å². The second-order valence-electron chi connectivity index (χ2n) is 6.20. The third-order valence-corrected chi connectivity index (χ3v) is 3.50. The highest BCUT2D eigenvalue weighted by Crippen LogP contribution is 2.37. The molecule has 2 N–H and O–H groups in total. The molecule has 1 saturated carbocycles. The molecular formula is C12H22N2O2. The number of carbonyl (C=O) groups excluding carboxylic acids is 1. The van der Waals surface area contributed by atoms with E-state index >= 15 is 0 Å². The number of ether oxygens (including phenoxy) is 1. The molecule has 2 heterocycles. The second kappa shape index (κ2) is 3.62. The minimum atomic E-state index is -0.421. The van der Waals surface area contributed by atoms with Crippen LogP contribution in [0.3, 0.4) is 0 Å². The molecule has 0 radical (unpaired) electrons. The summed E-state index contributed by atoms with van der Waals surface area (Å²) in [5, 5.41) is 0. The smallest absolute Gasteiger partial charge is 0.410 e. The molecule has 1 amide bonds. The van der Waals surface area contributed by atoms with Crippen molar-refractivity contribution < 1.29 is 9.53 Å². The molecule has 1 aliphatic carbocycles. The van der Waals surface area contributed by atoms with Gasteiger partial charge in [0.1, 0.15) is 5.60 Å². The fraction of sp³-hybridized carbons (Fsp3) is 0.917. The monoisotopic (exact) mass is 226 g/mol. The Bertz CT molecular complexity index is 288. The number of carbonyl (C=O) groups is 1. The van der Waals surface area contributed by atoms with Gasteiger partial charge in [0.25, 0.3) is 0 Å². The van der Waals surface area contributed by atoms with Crippen LogP contribution in [0.5, 0.6) is 0 Å². The largest absolute Gasteiger partial charge is 0.444 e. The molecule has 2 aliphatic heterocycles. The van der Waals surface area contributed by atoms with Gasteiger partial charge >= 0.3 is 6.09 Å². The van der Waals surface area contributed by atoms with Crippen molar-refractivity contribution in [2.45, 2.75) is 63.6 Å². The Hall–Kier alpha value is -0.770. The lowest BCUT2D eigenvalue weighted by molar-refractivity contribution is -0.0187. The third-order valence-electron chi connectivity index (χ3n) is 3.50. The zero-order valence-corrected chi connectivity index (χ0v) is 10.5. The summed E-state index contributed by atoms with van der Waals surface area (Å²) in [7, 11) is 0. The van der Waals surface area contributed by atoms with Crippen LogP contribution in [-0.4, -0.2) is 34.7 Å². The standard InChI is InChI=1S/C12H22N2O2/c1-11(2,3)16-10(15)14-8-12(13)6-4-9(14)5-7-12/h9H,4-8,13H2,1-3H3. The number of piperidine rings is 2. The van der Waals surface area contributed by atoms with E-state index in [-0.39, 0.29) is 11.6 Å². The summed E-state index contributed by atoms with van der Waals surface area (Å²) in [5.41, 5.74) is 5.66. The van der Waals surface area contributed by atoms with Gasteiger partial charge in [-0.15, -0.1) is 0 Å². The lowest BCUT2D eigenvalue weighted by Crippen LogP contribution is -2.64. The summed E-state index contributed by atoms with van der Waals surface area (Å²) in [5.74, 6) is 0. The molecule has 0 aromatic rings. The summed E-state index contributed by atoms with van der Waals surface area (Å²) in [6.07, 6.45) is 3.92. The van der Waals surface area contributed by atoms with Crippen LogP contribution < -0.4 is 5.73 Å². The molecule has 4 nitrogen and oxygen atoms in total. The lowest BCUT2D eigenvalue weighted by atomic mass is 9.75. The van der Waals surface area contributed by atoms with Crippen molar-refractivity contribution in [2.24, 2.45) is 5.73 Å². The lowest BCUT2D eigenvalue weighted by Gasteiger charge is -2.50. The average molecular weight is 226 g/mol. The van der Waals surface area contributed by atoms with Crippen molar-refractivity contribution in [3.63, 3.8) is 0 Å². The van der Waals surface area contributed by atoms with Gasteiger partial charge in [-0.3, -0.25) is 0 Å². The van der Waals surface area contributed by atoms with Crippen LogP contribution in [0.1, 0.15) is 46.5 Å². The Morgan fingerprint density at radius 3 is 2.38 bits per heavy atom. The van der Waals surface area contributed by atoms with Gasteiger partial charge in [-0.25, -0.2) is 4.79 Å². The molecule has 0 aromatic heterocycles. The highest BCUT2D eigenvalue weighted by Gasteiger charge is 2.45. The second-order valence-corrected chi connectivity index (χ2v) is 6.20. The van der Waals surface area contributed by atoms with Gasteiger partial charge in [-0.1, -0.05) is 0 Å². The molecule has 0 aromatic carbocycles. The normalized spacial score (nSPS) is 34.0. The van der Waals surface area contributed by atoms with Crippen molar-refractivity contribution in [1.82, 2.24) is 4.90 Å². The van der Waals surface area contributed by atoms with Crippen molar-refractivity contribution >= 4 is 6.09 Å². The first-order valence-electron chi connectivity index (χ1n) is 6.08. The van der Waals surface area contributed by atoms with Crippen LogP contribution in [0.25, 0.3) is 0 Å². The van der Waals surface area contributed by atoms with Gasteiger partial charge in [-0.05, 0) is 46.5 Å². The van der Waals surface area contributed by atoms with E-state index in [2.05, 4.69) is 0 Å². The quantitative estimate of drug-likeness (QED) is 0.686.